The van der Waals surface area contributed by atoms with Crippen molar-refractivity contribution in [1.82, 2.24) is 0 Å². The topological polar surface area (TPSA) is 38.0 Å². The van der Waals surface area contributed by atoms with Crippen LogP contribution in [0, 0.1) is 12.8 Å². The molecule has 0 spiro atoms. The fourth-order valence-corrected chi connectivity index (χ4v) is 2.85. The number of aryl methyl sites for hydroxylation is 1. The van der Waals surface area contributed by atoms with Gasteiger partial charge in [-0.3, -0.25) is 0 Å². The van der Waals surface area contributed by atoms with E-state index in [1.54, 1.807) is 0 Å². The number of nitrogens with one attached hydrogen (secondary N) is 1. The van der Waals surface area contributed by atoms with Gasteiger partial charge in [0.05, 0.1) is 0 Å². The average Bonchev–Trinajstić information content (AvgIpc) is 2.37. The molecule has 0 amide bonds. The Morgan fingerprint density at radius 3 is 2.61 bits per heavy atom. The molecular weight excluding hydrogens is 244 g/mol. The fourth-order valence-electron chi connectivity index (χ4n) is 2.67. The summed E-state index contributed by atoms with van der Waals surface area (Å²) >= 11 is 6.17. The van der Waals surface area contributed by atoms with Crippen LogP contribution in [0.4, 0.5) is 5.69 Å². The van der Waals surface area contributed by atoms with Crippen molar-refractivity contribution in [2.24, 2.45) is 11.7 Å². The highest BCUT2D eigenvalue weighted by atomic mass is 35.5. The molecule has 2 nitrogen and oxygen atoms in total. The first kappa shape index (κ1) is 13.7. The SMILES string of the molecule is Cc1ccc(NC2(CN)CCC(C)CC2)cc1Cl. The Balaban J connectivity index is 2.12. The first-order valence-corrected chi connectivity index (χ1v) is 7.17. The van der Waals surface area contributed by atoms with Crippen LogP contribution in [0.25, 0.3) is 0 Å². The molecule has 100 valence electrons. The van der Waals surface area contributed by atoms with Crippen molar-refractivity contribution in [3.8, 4) is 0 Å². The van der Waals surface area contributed by atoms with Gasteiger partial charge in [0, 0.05) is 22.8 Å². The van der Waals surface area contributed by atoms with Crippen LogP contribution in [-0.4, -0.2) is 12.1 Å². The Morgan fingerprint density at radius 2 is 2.06 bits per heavy atom. The quantitative estimate of drug-likeness (QED) is 0.869. The van der Waals surface area contributed by atoms with Crippen LogP contribution in [0.1, 0.15) is 38.2 Å². The predicted molar refractivity (Wildman–Crippen MR) is 79.2 cm³/mol. The summed E-state index contributed by atoms with van der Waals surface area (Å²) in [7, 11) is 0. The summed E-state index contributed by atoms with van der Waals surface area (Å²) in [5.41, 5.74) is 8.27. The maximum atomic E-state index is 6.17. The van der Waals surface area contributed by atoms with Crippen LogP contribution in [0.2, 0.25) is 5.02 Å². The monoisotopic (exact) mass is 266 g/mol. The van der Waals surface area contributed by atoms with Crippen molar-refractivity contribution in [3.63, 3.8) is 0 Å². The van der Waals surface area contributed by atoms with Gasteiger partial charge in [0.1, 0.15) is 0 Å². The maximum absolute atomic E-state index is 6.17. The van der Waals surface area contributed by atoms with E-state index in [2.05, 4.69) is 24.4 Å². The van der Waals surface area contributed by atoms with E-state index in [1.165, 1.54) is 12.8 Å². The Labute approximate surface area is 115 Å². The molecule has 1 aromatic carbocycles. The minimum Gasteiger partial charge on any atom is -0.378 e. The molecule has 3 heteroatoms. The van der Waals surface area contributed by atoms with Gasteiger partial charge in [-0.15, -0.1) is 0 Å². The lowest BCUT2D eigenvalue weighted by Crippen LogP contribution is -2.48. The van der Waals surface area contributed by atoms with Crippen LogP contribution < -0.4 is 11.1 Å². The Kier molecular flexibility index (Phi) is 4.18. The predicted octanol–water partition coefficient (Wildman–Crippen LogP) is 3.97. The van der Waals surface area contributed by atoms with Crippen molar-refractivity contribution >= 4 is 17.3 Å². The Hall–Kier alpha value is -0.730. The van der Waals surface area contributed by atoms with Gasteiger partial charge in [0.2, 0.25) is 0 Å². The van der Waals surface area contributed by atoms with Crippen molar-refractivity contribution in [3.05, 3.63) is 28.8 Å². The molecule has 1 aliphatic rings. The van der Waals surface area contributed by atoms with Crippen LogP contribution >= 0.6 is 11.6 Å². The van der Waals surface area contributed by atoms with E-state index in [-0.39, 0.29) is 5.54 Å². The lowest BCUT2D eigenvalue weighted by molar-refractivity contribution is 0.272. The number of anilines is 1. The largest absolute Gasteiger partial charge is 0.378 e. The average molecular weight is 267 g/mol. The molecule has 0 heterocycles. The summed E-state index contributed by atoms with van der Waals surface area (Å²) in [5, 5.41) is 4.44. The lowest BCUT2D eigenvalue weighted by Gasteiger charge is -2.40. The summed E-state index contributed by atoms with van der Waals surface area (Å²) in [6.07, 6.45) is 4.81. The first-order chi connectivity index (χ1) is 8.54. The van der Waals surface area contributed by atoms with E-state index in [4.69, 9.17) is 17.3 Å². The van der Waals surface area contributed by atoms with Gasteiger partial charge in [0.25, 0.3) is 0 Å². The second kappa shape index (κ2) is 5.50. The molecule has 0 unspecified atom stereocenters. The summed E-state index contributed by atoms with van der Waals surface area (Å²) in [4.78, 5) is 0. The molecule has 1 saturated carbocycles. The van der Waals surface area contributed by atoms with E-state index in [0.717, 1.165) is 35.0 Å². The summed E-state index contributed by atoms with van der Waals surface area (Å²) in [6.45, 7) is 5.03. The zero-order chi connectivity index (χ0) is 13.2. The highest BCUT2D eigenvalue weighted by Crippen LogP contribution is 2.34. The molecule has 0 bridgehead atoms. The third-order valence-electron chi connectivity index (χ3n) is 4.20. The minimum absolute atomic E-state index is 0.0606. The fraction of sp³-hybridized carbons (Fsp3) is 0.600. The molecule has 1 fully saturated rings. The Morgan fingerprint density at radius 1 is 1.39 bits per heavy atom. The normalized spacial score (nSPS) is 28.1. The second-order valence-corrected chi connectivity index (χ2v) is 6.16. The third-order valence-corrected chi connectivity index (χ3v) is 4.61. The number of rotatable bonds is 3. The smallest absolute Gasteiger partial charge is 0.0495 e. The van der Waals surface area contributed by atoms with Crippen molar-refractivity contribution in [1.29, 1.82) is 0 Å². The summed E-state index contributed by atoms with van der Waals surface area (Å²) in [6, 6.07) is 6.16. The van der Waals surface area contributed by atoms with Gasteiger partial charge in [-0.1, -0.05) is 24.6 Å². The van der Waals surface area contributed by atoms with E-state index < -0.39 is 0 Å². The number of hydrogen-bond acceptors (Lipinski definition) is 2. The maximum Gasteiger partial charge on any atom is 0.0495 e. The molecule has 0 saturated heterocycles. The van der Waals surface area contributed by atoms with Crippen molar-refractivity contribution < 1.29 is 0 Å². The standard InChI is InChI=1S/C15H23ClN2/c1-11-5-7-15(10-17,8-6-11)18-13-4-3-12(2)14(16)9-13/h3-4,9,11,18H,5-8,10,17H2,1-2H3. The lowest BCUT2D eigenvalue weighted by atomic mass is 9.77. The van der Waals surface area contributed by atoms with Gasteiger partial charge in [-0.2, -0.15) is 0 Å². The zero-order valence-corrected chi connectivity index (χ0v) is 12.1. The summed E-state index contributed by atoms with van der Waals surface area (Å²) < 4.78 is 0. The molecule has 0 radical (unpaired) electrons. The van der Waals surface area contributed by atoms with Crippen molar-refractivity contribution in [2.45, 2.75) is 45.1 Å². The third kappa shape index (κ3) is 2.99. The van der Waals surface area contributed by atoms with Crippen LogP contribution in [0.15, 0.2) is 18.2 Å². The Bertz CT molecular complexity index is 409. The minimum atomic E-state index is 0.0606. The number of halogens is 1. The van der Waals surface area contributed by atoms with E-state index in [9.17, 15) is 0 Å². The van der Waals surface area contributed by atoms with Crippen molar-refractivity contribution in [2.75, 3.05) is 11.9 Å². The van der Waals surface area contributed by atoms with Crippen LogP contribution in [-0.2, 0) is 0 Å². The van der Waals surface area contributed by atoms with Crippen LogP contribution in [0.3, 0.4) is 0 Å². The first-order valence-electron chi connectivity index (χ1n) is 6.79. The van der Waals surface area contributed by atoms with E-state index >= 15 is 0 Å². The van der Waals surface area contributed by atoms with Gasteiger partial charge < -0.3 is 11.1 Å². The molecule has 0 aliphatic heterocycles. The van der Waals surface area contributed by atoms with Gasteiger partial charge in [-0.25, -0.2) is 0 Å². The molecule has 1 aliphatic carbocycles. The zero-order valence-electron chi connectivity index (χ0n) is 11.3. The van der Waals surface area contributed by atoms with Gasteiger partial charge >= 0.3 is 0 Å². The number of benzene rings is 1. The van der Waals surface area contributed by atoms with Crippen LogP contribution in [0.5, 0.6) is 0 Å². The molecule has 1 aromatic rings. The molecule has 0 atom stereocenters. The summed E-state index contributed by atoms with van der Waals surface area (Å²) in [5.74, 6) is 0.827. The number of nitrogens with two attached hydrogens (primary N) is 1. The molecule has 18 heavy (non-hydrogen) atoms. The van der Waals surface area contributed by atoms with Gasteiger partial charge in [0.15, 0.2) is 0 Å². The highest BCUT2D eigenvalue weighted by Gasteiger charge is 2.32. The molecule has 2 rings (SSSR count). The highest BCUT2D eigenvalue weighted by molar-refractivity contribution is 6.31. The second-order valence-electron chi connectivity index (χ2n) is 5.76. The molecule has 3 N–H and O–H groups in total. The molecule has 0 aromatic heterocycles. The number of hydrogen-bond donors (Lipinski definition) is 2. The van der Waals surface area contributed by atoms with Gasteiger partial charge in [-0.05, 0) is 56.2 Å². The molecular formula is C15H23ClN2. The van der Waals surface area contributed by atoms with E-state index in [1.807, 2.05) is 13.0 Å². The van der Waals surface area contributed by atoms with E-state index in [0.29, 0.717) is 6.54 Å².